The van der Waals surface area contributed by atoms with Crippen LogP contribution in [-0.2, 0) is 4.79 Å². The summed E-state index contributed by atoms with van der Waals surface area (Å²) in [5.41, 5.74) is -0.341. The SMILES string of the molecule is CC(O)C(NC(=O)c1ccc(Cl)cc1F)C(=O)O. The van der Waals surface area contributed by atoms with E-state index in [1.807, 2.05) is 5.32 Å². The summed E-state index contributed by atoms with van der Waals surface area (Å²) in [5.74, 6) is -3.21. The zero-order valence-corrected chi connectivity index (χ0v) is 10.1. The van der Waals surface area contributed by atoms with Crippen molar-refractivity contribution in [2.75, 3.05) is 0 Å². The molecule has 1 rings (SSSR count). The molecule has 18 heavy (non-hydrogen) atoms. The molecule has 0 bridgehead atoms. The molecule has 2 unspecified atom stereocenters. The Labute approximate surface area is 107 Å². The third-order valence-electron chi connectivity index (χ3n) is 2.21. The van der Waals surface area contributed by atoms with E-state index in [1.165, 1.54) is 13.0 Å². The zero-order chi connectivity index (χ0) is 13.9. The van der Waals surface area contributed by atoms with E-state index in [1.54, 1.807) is 0 Å². The second kappa shape index (κ2) is 5.79. The topological polar surface area (TPSA) is 86.6 Å². The lowest BCUT2D eigenvalue weighted by Crippen LogP contribution is -2.47. The van der Waals surface area contributed by atoms with Crippen LogP contribution in [0.5, 0.6) is 0 Å². The van der Waals surface area contributed by atoms with Crippen molar-refractivity contribution >= 4 is 23.5 Å². The van der Waals surface area contributed by atoms with Crippen LogP contribution in [-0.4, -0.2) is 34.2 Å². The summed E-state index contributed by atoms with van der Waals surface area (Å²) in [4.78, 5) is 22.4. The first-order valence-electron chi connectivity index (χ1n) is 4.99. The number of halogens is 2. The Morgan fingerprint density at radius 3 is 2.50 bits per heavy atom. The van der Waals surface area contributed by atoms with E-state index < -0.39 is 29.8 Å². The van der Waals surface area contributed by atoms with Gasteiger partial charge in [-0.3, -0.25) is 4.79 Å². The van der Waals surface area contributed by atoms with Crippen LogP contribution in [0, 0.1) is 5.82 Å². The first-order valence-corrected chi connectivity index (χ1v) is 5.37. The molecule has 7 heteroatoms. The van der Waals surface area contributed by atoms with E-state index in [2.05, 4.69) is 0 Å². The number of carbonyl (C=O) groups is 2. The predicted octanol–water partition coefficient (Wildman–Crippen LogP) is 1.04. The molecule has 0 saturated carbocycles. The summed E-state index contributed by atoms with van der Waals surface area (Å²) in [7, 11) is 0. The van der Waals surface area contributed by atoms with E-state index >= 15 is 0 Å². The molecule has 0 fully saturated rings. The first kappa shape index (κ1) is 14.4. The molecule has 0 aliphatic rings. The minimum absolute atomic E-state index is 0.120. The number of hydrogen-bond donors (Lipinski definition) is 3. The van der Waals surface area contributed by atoms with Crippen LogP contribution in [0.25, 0.3) is 0 Å². The summed E-state index contributed by atoms with van der Waals surface area (Å²) in [6, 6.07) is 1.87. The Hall–Kier alpha value is -1.66. The number of carboxylic acid groups (broad SMARTS) is 1. The molecule has 0 aliphatic heterocycles. The third kappa shape index (κ3) is 3.41. The number of aliphatic carboxylic acids is 1. The number of aliphatic hydroxyl groups is 1. The van der Waals surface area contributed by atoms with Crippen LogP contribution in [0.4, 0.5) is 4.39 Å². The van der Waals surface area contributed by atoms with Gasteiger partial charge in [0.05, 0.1) is 11.7 Å². The summed E-state index contributed by atoms with van der Waals surface area (Å²) in [6.07, 6.45) is -1.30. The number of benzene rings is 1. The van der Waals surface area contributed by atoms with E-state index in [-0.39, 0.29) is 10.6 Å². The van der Waals surface area contributed by atoms with Crippen molar-refractivity contribution in [3.63, 3.8) is 0 Å². The van der Waals surface area contributed by atoms with Crippen molar-refractivity contribution in [3.8, 4) is 0 Å². The number of amides is 1. The van der Waals surface area contributed by atoms with Crippen LogP contribution in [0.3, 0.4) is 0 Å². The monoisotopic (exact) mass is 275 g/mol. The van der Waals surface area contributed by atoms with Gasteiger partial charge in [0, 0.05) is 5.02 Å². The van der Waals surface area contributed by atoms with E-state index in [0.29, 0.717) is 0 Å². The number of rotatable bonds is 4. The molecule has 0 radical (unpaired) electrons. The fourth-order valence-electron chi connectivity index (χ4n) is 1.28. The van der Waals surface area contributed by atoms with Crippen molar-refractivity contribution in [2.24, 2.45) is 0 Å². The first-order chi connectivity index (χ1) is 8.32. The number of aliphatic hydroxyl groups excluding tert-OH is 1. The average molecular weight is 276 g/mol. The fourth-order valence-corrected chi connectivity index (χ4v) is 1.44. The van der Waals surface area contributed by atoms with Crippen LogP contribution in [0.2, 0.25) is 5.02 Å². The molecule has 0 aromatic heterocycles. The van der Waals surface area contributed by atoms with Gasteiger partial charge in [-0.15, -0.1) is 0 Å². The van der Waals surface area contributed by atoms with Gasteiger partial charge >= 0.3 is 5.97 Å². The van der Waals surface area contributed by atoms with Gasteiger partial charge in [0.2, 0.25) is 0 Å². The predicted molar refractivity (Wildman–Crippen MR) is 62.0 cm³/mol. The Morgan fingerprint density at radius 1 is 1.44 bits per heavy atom. The second-order valence-corrected chi connectivity index (χ2v) is 4.09. The van der Waals surface area contributed by atoms with Gasteiger partial charge in [0.25, 0.3) is 5.91 Å². The van der Waals surface area contributed by atoms with Crippen molar-refractivity contribution < 1.29 is 24.2 Å². The number of nitrogens with one attached hydrogen (secondary N) is 1. The number of hydrogen-bond acceptors (Lipinski definition) is 3. The smallest absolute Gasteiger partial charge is 0.328 e. The second-order valence-electron chi connectivity index (χ2n) is 3.65. The standard InChI is InChI=1S/C11H11ClFNO4/c1-5(15)9(11(17)18)14-10(16)7-3-2-6(12)4-8(7)13/h2-5,9,15H,1H3,(H,14,16)(H,17,18). The molecule has 0 aliphatic carbocycles. The highest BCUT2D eigenvalue weighted by atomic mass is 35.5. The van der Waals surface area contributed by atoms with Crippen molar-refractivity contribution in [1.29, 1.82) is 0 Å². The van der Waals surface area contributed by atoms with Crippen LogP contribution in [0.1, 0.15) is 17.3 Å². The number of carbonyl (C=O) groups excluding carboxylic acids is 1. The minimum Gasteiger partial charge on any atom is -0.480 e. The summed E-state index contributed by atoms with van der Waals surface area (Å²) >= 11 is 5.52. The highest BCUT2D eigenvalue weighted by Gasteiger charge is 2.26. The minimum atomic E-state index is -1.51. The molecule has 1 aromatic carbocycles. The fraction of sp³-hybridized carbons (Fsp3) is 0.273. The highest BCUT2D eigenvalue weighted by molar-refractivity contribution is 6.30. The molecule has 1 amide bonds. The van der Waals surface area contributed by atoms with E-state index in [9.17, 15) is 19.1 Å². The Bertz CT molecular complexity index is 478. The third-order valence-corrected chi connectivity index (χ3v) is 2.45. The van der Waals surface area contributed by atoms with E-state index in [4.69, 9.17) is 16.7 Å². The summed E-state index contributed by atoms with van der Waals surface area (Å²) in [6.45, 7) is 1.21. The molecule has 5 nitrogen and oxygen atoms in total. The summed E-state index contributed by atoms with van der Waals surface area (Å²) < 4.78 is 13.4. The normalized spacial score (nSPS) is 13.8. The van der Waals surface area contributed by atoms with E-state index in [0.717, 1.165) is 12.1 Å². The van der Waals surface area contributed by atoms with Gasteiger partial charge in [-0.2, -0.15) is 0 Å². The Morgan fingerprint density at radius 2 is 2.06 bits per heavy atom. The zero-order valence-electron chi connectivity index (χ0n) is 9.35. The quantitative estimate of drug-likeness (QED) is 0.766. The van der Waals surface area contributed by atoms with Gasteiger partial charge in [0.15, 0.2) is 6.04 Å². The largest absolute Gasteiger partial charge is 0.480 e. The maximum atomic E-state index is 13.4. The maximum absolute atomic E-state index is 13.4. The highest BCUT2D eigenvalue weighted by Crippen LogP contribution is 2.14. The molecule has 2 atom stereocenters. The molecule has 0 saturated heterocycles. The maximum Gasteiger partial charge on any atom is 0.328 e. The lowest BCUT2D eigenvalue weighted by molar-refractivity contribution is -0.141. The molecule has 0 spiro atoms. The van der Waals surface area contributed by atoms with Gasteiger partial charge in [-0.1, -0.05) is 11.6 Å². The number of carboxylic acids is 1. The Balaban J connectivity index is 2.91. The molecule has 98 valence electrons. The molecule has 1 aromatic rings. The molecular weight excluding hydrogens is 265 g/mol. The lowest BCUT2D eigenvalue weighted by atomic mass is 10.1. The van der Waals surface area contributed by atoms with Crippen LogP contribution in [0.15, 0.2) is 18.2 Å². The Kier molecular flexibility index (Phi) is 4.63. The van der Waals surface area contributed by atoms with Gasteiger partial charge in [-0.25, -0.2) is 9.18 Å². The molecule has 0 heterocycles. The van der Waals surface area contributed by atoms with Crippen molar-refractivity contribution in [1.82, 2.24) is 5.32 Å². The molecular formula is C11H11ClFNO4. The van der Waals surface area contributed by atoms with Gasteiger partial charge < -0.3 is 15.5 Å². The van der Waals surface area contributed by atoms with Gasteiger partial charge in [0.1, 0.15) is 5.82 Å². The average Bonchev–Trinajstić information content (AvgIpc) is 2.24. The van der Waals surface area contributed by atoms with Gasteiger partial charge in [-0.05, 0) is 25.1 Å². The lowest BCUT2D eigenvalue weighted by Gasteiger charge is -2.17. The van der Waals surface area contributed by atoms with Crippen LogP contribution < -0.4 is 5.32 Å². The molecule has 3 N–H and O–H groups in total. The summed E-state index contributed by atoms with van der Waals surface area (Å²) in [5, 5.41) is 20.1. The van der Waals surface area contributed by atoms with Crippen LogP contribution >= 0.6 is 11.6 Å². The van der Waals surface area contributed by atoms with Crippen molar-refractivity contribution in [3.05, 3.63) is 34.6 Å². The van der Waals surface area contributed by atoms with Crippen molar-refractivity contribution in [2.45, 2.75) is 19.1 Å².